The maximum absolute atomic E-state index is 12.4. The van der Waals surface area contributed by atoms with E-state index in [2.05, 4.69) is 55.6 Å². The summed E-state index contributed by atoms with van der Waals surface area (Å²) in [4.78, 5) is 35.8. The Hall–Kier alpha value is -2.41. The topological polar surface area (TPSA) is 119 Å². The summed E-state index contributed by atoms with van der Waals surface area (Å²) in [5.41, 5.74) is 5.44. The van der Waals surface area contributed by atoms with Gasteiger partial charge in [-0.3, -0.25) is 9.59 Å². The number of carbonyl (C=O) groups excluding carboxylic acids is 2. The molecule has 1 amide bonds. The van der Waals surface area contributed by atoms with Crippen LogP contribution in [0.3, 0.4) is 0 Å². The molecule has 0 fully saturated rings. The number of hydrogen-bond acceptors (Lipinski definition) is 5. The van der Waals surface area contributed by atoms with Crippen LogP contribution < -0.4 is 11.1 Å². The van der Waals surface area contributed by atoms with Crippen molar-refractivity contribution in [1.82, 2.24) is 5.32 Å². The SMILES string of the molecule is CC/C=C\C/C=C\C/C=C\CCCCCCCC(=O)OC(CCCC)CCCCCC(=O)NC(CCCN)C(=O)O. The molecule has 0 saturated carbocycles. The smallest absolute Gasteiger partial charge is 0.326 e. The van der Waals surface area contributed by atoms with Crippen molar-refractivity contribution in [2.75, 3.05) is 6.54 Å². The van der Waals surface area contributed by atoms with Crippen LogP contribution in [0.5, 0.6) is 0 Å². The zero-order valence-corrected chi connectivity index (χ0v) is 26.1. The molecule has 2 atom stereocenters. The molecule has 0 bridgehead atoms. The van der Waals surface area contributed by atoms with Crippen LogP contribution in [0.2, 0.25) is 0 Å². The second kappa shape index (κ2) is 29.1. The molecule has 0 spiro atoms. The molecule has 236 valence electrons. The van der Waals surface area contributed by atoms with E-state index in [4.69, 9.17) is 10.5 Å². The first-order valence-corrected chi connectivity index (χ1v) is 16.3. The van der Waals surface area contributed by atoms with Crippen molar-refractivity contribution in [2.45, 2.75) is 154 Å². The zero-order valence-electron chi connectivity index (χ0n) is 26.1. The highest BCUT2D eigenvalue weighted by Gasteiger charge is 2.19. The molecule has 0 aliphatic heterocycles. The average molecular weight is 577 g/mol. The molecule has 0 radical (unpaired) electrons. The monoisotopic (exact) mass is 576 g/mol. The Kier molecular flexibility index (Phi) is 27.4. The fourth-order valence-electron chi connectivity index (χ4n) is 4.51. The number of ether oxygens (including phenoxy) is 1. The maximum atomic E-state index is 12.4. The number of carbonyl (C=O) groups is 3. The molecule has 0 saturated heterocycles. The van der Waals surface area contributed by atoms with E-state index in [1.165, 1.54) is 12.8 Å². The van der Waals surface area contributed by atoms with Crippen LogP contribution >= 0.6 is 0 Å². The van der Waals surface area contributed by atoms with Gasteiger partial charge in [0.05, 0.1) is 0 Å². The molecule has 0 aromatic rings. The lowest BCUT2D eigenvalue weighted by atomic mass is 10.0. The van der Waals surface area contributed by atoms with E-state index in [0.29, 0.717) is 38.6 Å². The van der Waals surface area contributed by atoms with Crippen molar-refractivity contribution >= 4 is 17.8 Å². The molecular weight excluding hydrogens is 516 g/mol. The maximum Gasteiger partial charge on any atom is 0.326 e. The summed E-state index contributed by atoms with van der Waals surface area (Å²) in [7, 11) is 0. The summed E-state index contributed by atoms with van der Waals surface area (Å²) < 4.78 is 5.80. The summed E-state index contributed by atoms with van der Waals surface area (Å²) in [6.45, 7) is 4.68. The summed E-state index contributed by atoms with van der Waals surface area (Å²) in [6.07, 6.45) is 30.9. The summed E-state index contributed by atoms with van der Waals surface area (Å²) in [5, 5.41) is 11.8. The van der Waals surface area contributed by atoms with E-state index in [9.17, 15) is 19.5 Å². The van der Waals surface area contributed by atoms with Crippen molar-refractivity contribution in [2.24, 2.45) is 5.73 Å². The summed E-state index contributed by atoms with van der Waals surface area (Å²) in [6, 6.07) is -0.873. The Morgan fingerprint density at radius 1 is 0.732 bits per heavy atom. The number of unbranched alkanes of at least 4 members (excludes halogenated alkanes) is 8. The van der Waals surface area contributed by atoms with E-state index < -0.39 is 12.0 Å². The van der Waals surface area contributed by atoms with Crippen molar-refractivity contribution in [3.05, 3.63) is 36.5 Å². The van der Waals surface area contributed by atoms with Gasteiger partial charge in [0.1, 0.15) is 12.1 Å². The molecule has 7 heteroatoms. The highest BCUT2D eigenvalue weighted by molar-refractivity contribution is 5.83. The van der Waals surface area contributed by atoms with Gasteiger partial charge in [0.25, 0.3) is 0 Å². The number of rotatable bonds is 28. The normalized spacial score (nSPS) is 13.2. The number of nitrogens with two attached hydrogens (primary N) is 1. The van der Waals surface area contributed by atoms with Gasteiger partial charge in [-0.25, -0.2) is 4.79 Å². The minimum atomic E-state index is -1.02. The average Bonchev–Trinajstić information content (AvgIpc) is 2.95. The Labute approximate surface area is 250 Å². The summed E-state index contributed by atoms with van der Waals surface area (Å²) in [5.74, 6) is -1.35. The Balaban J connectivity index is 3.99. The van der Waals surface area contributed by atoms with Crippen LogP contribution in [0.25, 0.3) is 0 Å². The van der Waals surface area contributed by atoms with Crippen LogP contribution in [0.1, 0.15) is 142 Å². The molecule has 0 aromatic heterocycles. The molecule has 7 nitrogen and oxygen atoms in total. The third-order valence-corrected chi connectivity index (χ3v) is 6.97. The lowest BCUT2D eigenvalue weighted by molar-refractivity contribution is -0.150. The predicted octanol–water partition coefficient (Wildman–Crippen LogP) is 7.94. The second-order valence-electron chi connectivity index (χ2n) is 10.8. The molecule has 4 N–H and O–H groups in total. The van der Waals surface area contributed by atoms with Crippen LogP contribution in [0.15, 0.2) is 36.5 Å². The van der Waals surface area contributed by atoms with E-state index in [1.807, 2.05) is 0 Å². The highest BCUT2D eigenvalue weighted by Crippen LogP contribution is 2.16. The molecule has 0 aliphatic carbocycles. The molecule has 0 aliphatic rings. The standard InChI is InChI=1S/C34H60N2O5/c1-3-5-7-8-9-10-11-12-13-14-15-16-17-18-22-28-33(38)41-30(24-6-4-2)25-20-19-21-27-32(37)36-31(34(39)40)26-23-29-35/h5,7,9-10,12-13,30-31H,3-4,6,8,11,14-29,35H2,1-2H3,(H,36,37)(H,39,40)/b7-5-,10-9-,13-12-. The number of hydrogen-bond donors (Lipinski definition) is 3. The molecule has 2 unspecified atom stereocenters. The zero-order chi connectivity index (χ0) is 30.4. The van der Waals surface area contributed by atoms with Gasteiger partial charge >= 0.3 is 11.9 Å². The summed E-state index contributed by atoms with van der Waals surface area (Å²) >= 11 is 0. The quantitative estimate of drug-likeness (QED) is 0.0494. The Morgan fingerprint density at radius 3 is 2.02 bits per heavy atom. The minimum absolute atomic E-state index is 0.0571. The fraction of sp³-hybridized carbons (Fsp3) is 0.735. The second-order valence-corrected chi connectivity index (χ2v) is 10.8. The first kappa shape index (κ1) is 38.6. The number of nitrogens with one attached hydrogen (secondary N) is 1. The minimum Gasteiger partial charge on any atom is -0.480 e. The van der Waals surface area contributed by atoms with Gasteiger partial charge in [0, 0.05) is 12.8 Å². The molecular formula is C34H60N2O5. The predicted molar refractivity (Wildman–Crippen MR) is 170 cm³/mol. The number of carboxylic acid groups (broad SMARTS) is 1. The lowest BCUT2D eigenvalue weighted by Gasteiger charge is -2.18. The first-order valence-electron chi connectivity index (χ1n) is 16.3. The molecule has 0 aromatic carbocycles. The third-order valence-electron chi connectivity index (χ3n) is 6.97. The number of amides is 1. The van der Waals surface area contributed by atoms with Gasteiger partial charge in [-0.2, -0.15) is 0 Å². The van der Waals surface area contributed by atoms with Gasteiger partial charge in [-0.1, -0.05) is 88.8 Å². The molecule has 0 rings (SSSR count). The number of carboxylic acids is 1. The van der Waals surface area contributed by atoms with E-state index in [-0.39, 0.29) is 18.0 Å². The third kappa shape index (κ3) is 26.2. The van der Waals surface area contributed by atoms with Gasteiger partial charge in [-0.15, -0.1) is 0 Å². The molecule has 0 heterocycles. The van der Waals surface area contributed by atoms with Gasteiger partial charge in [0.15, 0.2) is 0 Å². The van der Waals surface area contributed by atoms with E-state index in [0.717, 1.165) is 83.5 Å². The van der Waals surface area contributed by atoms with Crippen LogP contribution in [0.4, 0.5) is 0 Å². The van der Waals surface area contributed by atoms with Crippen LogP contribution in [0, 0.1) is 0 Å². The highest BCUT2D eigenvalue weighted by atomic mass is 16.5. The van der Waals surface area contributed by atoms with Gasteiger partial charge in [-0.05, 0) is 83.6 Å². The van der Waals surface area contributed by atoms with Gasteiger partial charge in [0.2, 0.25) is 5.91 Å². The number of aliphatic carboxylic acids is 1. The van der Waals surface area contributed by atoms with E-state index in [1.54, 1.807) is 0 Å². The van der Waals surface area contributed by atoms with Crippen molar-refractivity contribution in [1.29, 1.82) is 0 Å². The number of allylic oxidation sites excluding steroid dienone is 6. The largest absolute Gasteiger partial charge is 0.480 e. The van der Waals surface area contributed by atoms with Crippen LogP contribution in [-0.4, -0.2) is 41.6 Å². The van der Waals surface area contributed by atoms with Crippen molar-refractivity contribution in [3.63, 3.8) is 0 Å². The Bertz CT molecular complexity index is 747. The fourth-order valence-corrected chi connectivity index (χ4v) is 4.51. The first-order chi connectivity index (χ1) is 19.9. The van der Waals surface area contributed by atoms with Crippen molar-refractivity contribution in [3.8, 4) is 0 Å². The molecule has 41 heavy (non-hydrogen) atoms. The Morgan fingerprint density at radius 2 is 1.34 bits per heavy atom. The number of esters is 1. The lowest BCUT2D eigenvalue weighted by Crippen LogP contribution is -2.40. The van der Waals surface area contributed by atoms with Crippen LogP contribution in [-0.2, 0) is 19.1 Å². The van der Waals surface area contributed by atoms with E-state index >= 15 is 0 Å². The van der Waals surface area contributed by atoms with Gasteiger partial charge < -0.3 is 20.9 Å². The van der Waals surface area contributed by atoms with Crippen molar-refractivity contribution < 1.29 is 24.2 Å².